The van der Waals surface area contributed by atoms with E-state index in [0.717, 1.165) is 9.13 Å². The van der Waals surface area contributed by atoms with Crippen molar-refractivity contribution in [3.8, 4) is 5.75 Å². The average Bonchev–Trinajstić information content (AvgIpc) is 2.43. The van der Waals surface area contributed by atoms with Crippen molar-refractivity contribution in [2.24, 2.45) is 0 Å². The minimum Gasteiger partial charge on any atom is -0.506 e. The smallest absolute Gasteiger partial charge is 0.253 e. The Hall–Kier alpha value is -0.300. The molecule has 0 fully saturated rings. The van der Waals surface area contributed by atoms with Gasteiger partial charge < -0.3 is 10.4 Å². The maximum absolute atomic E-state index is 11.3. The molecule has 2 rings (SSSR count). The largest absolute Gasteiger partial charge is 0.506 e. The van der Waals surface area contributed by atoms with Crippen molar-refractivity contribution in [2.75, 3.05) is 0 Å². The Morgan fingerprint density at radius 1 is 1.62 bits per heavy atom. The van der Waals surface area contributed by atoms with Crippen molar-refractivity contribution in [3.63, 3.8) is 0 Å². The maximum atomic E-state index is 11.3. The fraction of sp³-hybridized carbons (Fsp3) is 0.125. The molecule has 0 aliphatic carbocycles. The van der Waals surface area contributed by atoms with Gasteiger partial charge in [0, 0.05) is 6.54 Å². The molecule has 1 aromatic carbocycles. The van der Waals surface area contributed by atoms with Crippen LogP contribution in [-0.2, 0) is 6.54 Å². The lowest BCUT2D eigenvalue weighted by molar-refractivity contribution is 0.0964. The van der Waals surface area contributed by atoms with Gasteiger partial charge in [0.2, 0.25) is 0 Å². The van der Waals surface area contributed by atoms with Crippen molar-refractivity contribution in [2.45, 2.75) is 6.54 Å². The molecule has 0 unspecified atom stereocenters. The Balaban J connectivity index is 2.75. The summed E-state index contributed by atoms with van der Waals surface area (Å²) in [7, 11) is 0. The number of fused-ring (bicyclic) bond motifs is 1. The van der Waals surface area contributed by atoms with Gasteiger partial charge in [-0.1, -0.05) is 0 Å². The van der Waals surface area contributed by atoms with Crippen LogP contribution in [0.5, 0.6) is 5.75 Å². The molecule has 0 bridgehead atoms. The minimum atomic E-state index is -0.131. The molecule has 0 spiro atoms. The maximum Gasteiger partial charge on any atom is 0.253 e. The lowest BCUT2D eigenvalue weighted by Crippen LogP contribution is -2.12. The molecule has 1 aromatic rings. The number of aromatic hydroxyl groups is 1. The fourth-order valence-electron chi connectivity index (χ4n) is 1.31. The van der Waals surface area contributed by atoms with Crippen LogP contribution in [0.3, 0.4) is 0 Å². The molecule has 1 aliphatic heterocycles. The number of carbonyl (C=O) groups is 1. The van der Waals surface area contributed by atoms with Gasteiger partial charge in [0.1, 0.15) is 5.75 Å². The third-order valence-corrected chi connectivity index (χ3v) is 3.54. The standard InChI is InChI=1S/C8H5BrINO2/c9-6-5-3(2-11-8(5)13)1-4(10)7(6)12/h1,12H,2H2,(H,11,13). The monoisotopic (exact) mass is 353 g/mol. The van der Waals surface area contributed by atoms with E-state index in [0.29, 0.717) is 16.6 Å². The van der Waals surface area contributed by atoms with Crippen molar-refractivity contribution in [1.29, 1.82) is 0 Å². The first-order chi connectivity index (χ1) is 6.11. The number of halogens is 2. The molecule has 13 heavy (non-hydrogen) atoms. The van der Waals surface area contributed by atoms with Gasteiger partial charge in [0.05, 0.1) is 13.6 Å². The highest BCUT2D eigenvalue weighted by Crippen LogP contribution is 2.36. The predicted octanol–water partition coefficient (Wildman–Crippen LogP) is 2.00. The second kappa shape index (κ2) is 3.13. The summed E-state index contributed by atoms with van der Waals surface area (Å²) in [4.78, 5) is 11.3. The molecular weight excluding hydrogens is 349 g/mol. The number of phenols is 1. The number of rotatable bonds is 0. The van der Waals surface area contributed by atoms with Crippen LogP contribution in [0.25, 0.3) is 0 Å². The molecule has 0 saturated heterocycles. The topological polar surface area (TPSA) is 49.3 Å². The van der Waals surface area contributed by atoms with Gasteiger partial charge in [0.15, 0.2) is 0 Å². The predicted molar refractivity (Wildman–Crippen MR) is 59.7 cm³/mol. The van der Waals surface area contributed by atoms with Gasteiger partial charge in [0.25, 0.3) is 5.91 Å². The van der Waals surface area contributed by atoms with Crippen molar-refractivity contribution < 1.29 is 9.90 Å². The lowest BCUT2D eigenvalue weighted by atomic mass is 10.1. The molecule has 0 atom stereocenters. The molecule has 0 radical (unpaired) electrons. The van der Waals surface area contributed by atoms with E-state index >= 15 is 0 Å². The number of nitrogens with one attached hydrogen (secondary N) is 1. The van der Waals surface area contributed by atoms with Crippen molar-refractivity contribution in [3.05, 3.63) is 25.2 Å². The molecule has 0 saturated carbocycles. The summed E-state index contributed by atoms with van der Waals surface area (Å²) in [5.41, 5.74) is 1.48. The number of hydrogen-bond donors (Lipinski definition) is 2. The SMILES string of the molecule is O=C1NCc2cc(I)c(O)c(Br)c21. The summed E-state index contributed by atoms with van der Waals surface area (Å²) < 4.78 is 1.24. The molecule has 0 aromatic heterocycles. The minimum absolute atomic E-state index is 0.131. The number of carbonyl (C=O) groups excluding carboxylic acids is 1. The summed E-state index contributed by atoms with van der Waals surface area (Å²) >= 11 is 5.24. The van der Waals surface area contributed by atoms with Crippen LogP contribution in [0.15, 0.2) is 10.5 Å². The zero-order valence-corrected chi connectivity index (χ0v) is 10.1. The van der Waals surface area contributed by atoms with Crippen LogP contribution in [0.4, 0.5) is 0 Å². The van der Waals surface area contributed by atoms with Crippen molar-refractivity contribution in [1.82, 2.24) is 5.32 Å². The van der Waals surface area contributed by atoms with E-state index in [9.17, 15) is 9.90 Å². The van der Waals surface area contributed by atoms with Gasteiger partial charge >= 0.3 is 0 Å². The van der Waals surface area contributed by atoms with Crippen molar-refractivity contribution >= 4 is 44.4 Å². The second-order valence-electron chi connectivity index (χ2n) is 2.74. The van der Waals surface area contributed by atoms with Gasteiger partial charge in [-0.2, -0.15) is 0 Å². The highest BCUT2D eigenvalue weighted by molar-refractivity contribution is 14.1. The van der Waals surface area contributed by atoms with E-state index < -0.39 is 0 Å². The van der Waals surface area contributed by atoms with Crippen LogP contribution in [0.2, 0.25) is 0 Å². The molecule has 68 valence electrons. The zero-order valence-electron chi connectivity index (χ0n) is 6.40. The van der Waals surface area contributed by atoms with Gasteiger partial charge in [-0.25, -0.2) is 0 Å². The highest BCUT2D eigenvalue weighted by Gasteiger charge is 2.25. The normalized spacial score (nSPS) is 14.2. The van der Waals surface area contributed by atoms with Crippen LogP contribution < -0.4 is 5.32 Å². The molecule has 1 aliphatic rings. The van der Waals surface area contributed by atoms with E-state index in [4.69, 9.17) is 0 Å². The molecule has 5 heteroatoms. The van der Waals surface area contributed by atoms with Crippen LogP contribution in [-0.4, -0.2) is 11.0 Å². The van der Waals surface area contributed by atoms with E-state index in [1.54, 1.807) is 0 Å². The van der Waals surface area contributed by atoms with E-state index in [-0.39, 0.29) is 11.7 Å². The molecule has 3 nitrogen and oxygen atoms in total. The summed E-state index contributed by atoms with van der Waals surface area (Å²) in [5, 5.41) is 12.3. The van der Waals surface area contributed by atoms with Gasteiger partial charge in [-0.3, -0.25) is 4.79 Å². The Morgan fingerprint density at radius 3 is 3.00 bits per heavy atom. The third kappa shape index (κ3) is 1.34. The zero-order chi connectivity index (χ0) is 9.59. The molecule has 2 N–H and O–H groups in total. The molecule has 1 heterocycles. The van der Waals surface area contributed by atoms with E-state index in [1.807, 2.05) is 28.7 Å². The van der Waals surface area contributed by atoms with Crippen LogP contribution >= 0.6 is 38.5 Å². The van der Waals surface area contributed by atoms with Crippen LogP contribution in [0.1, 0.15) is 15.9 Å². The summed E-state index contributed by atoms with van der Waals surface area (Å²) in [5.74, 6) is 0.00461. The highest BCUT2D eigenvalue weighted by atomic mass is 127. The van der Waals surface area contributed by atoms with E-state index in [1.165, 1.54) is 0 Å². The summed E-state index contributed by atoms with van der Waals surface area (Å²) in [6.45, 7) is 0.545. The Kier molecular flexibility index (Phi) is 2.23. The quantitative estimate of drug-likeness (QED) is 0.701. The number of amides is 1. The number of hydrogen-bond acceptors (Lipinski definition) is 2. The first-order valence-corrected chi connectivity index (χ1v) is 5.46. The fourth-order valence-corrected chi connectivity index (χ4v) is 2.97. The van der Waals surface area contributed by atoms with Crippen LogP contribution in [0, 0.1) is 3.57 Å². The third-order valence-electron chi connectivity index (χ3n) is 1.94. The average molecular weight is 354 g/mol. The molecular formula is C8H5BrINO2. The first-order valence-electron chi connectivity index (χ1n) is 3.59. The summed E-state index contributed by atoms with van der Waals surface area (Å²) in [6, 6.07) is 1.81. The Bertz CT molecular complexity index is 406. The number of phenolic OH excluding ortho intramolecular Hbond substituents is 1. The van der Waals surface area contributed by atoms with Gasteiger partial charge in [-0.15, -0.1) is 0 Å². The van der Waals surface area contributed by atoms with Gasteiger partial charge in [-0.05, 0) is 50.2 Å². The Morgan fingerprint density at radius 2 is 2.31 bits per heavy atom. The molecule has 1 amide bonds. The number of benzene rings is 1. The Labute approximate surface area is 96.8 Å². The second-order valence-corrected chi connectivity index (χ2v) is 4.69. The first kappa shape index (κ1) is 9.26. The van der Waals surface area contributed by atoms with E-state index in [2.05, 4.69) is 21.2 Å². The summed E-state index contributed by atoms with van der Waals surface area (Å²) in [6.07, 6.45) is 0. The lowest BCUT2D eigenvalue weighted by Gasteiger charge is -2.04.